The summed E-state index contributed by atoms with van der Waals surface area (Å²) in [5, 5.41) is 1.09. The summed E-state index contributed by atoms with van der Waals surface area (Å²) >= 11 is 11.9. The van der Waals surface area contributed by atoms with Crippen molar-refractivity contribution >= 4 is 29.2 Å². The fraction of sp³-hybridized carbons (Fsp3) is 0.533. The molecule has 2 rings (SSSR count). The molecule has 0 amide bonds. The molecule has 0 heterocycles. The van der Waals surface area contributed by atoms with Gasteiger partial charge in [0.05, 0.1) is 22.7 Å². The highest BCUT2D eigenvalue weighted by molar-refractivity contribution is 6.42. The molecule has 5 heteroatoms. The highest BCUT2D eigenvalue weighted by atomic mass is 35.5. The molecule has 0 atom stereocenters. The zero-order chi connectivity index (χ0) is 14.7. The van der Waals surface area contributed by atoms with Crippen LogP contribution in [0.3, 0.4) is 0 Å². The summed E-state index contributed by atoms with van der Waals surface area (Å²) in [5.74, 6) is -0.174. The lowest BCUT2D eigenvalue weighted by Crippen LogP contribution is -2.33. The second kappa shape index (κ2) is 6.79. The van der Waals surface area contributed by atoms with E-state index in [2.05, 4.69) is 4.90 Å². The number of rotatable bonds is 6. The average molecular weight is 316 g/mol. The Kier molecular flexibility index (Phi) is 5.30. The fourth-order valence-electron chi connectivity index (χ4n) is 2.09. The molecule has 1 saturated carbocycles. The maximum Gasteiger partial charge on any atom is 0.320 e. The molecule has 20 heavy (non-hydrogen) atoms. The van der Waals surface area contributed by atoms with Gasteiger partial charge >= 0.3 is 5.97 Å². The Morgan fingerprint density at radius 1 is 1.35 bits per heavy atom. The first kappa shape index (κ1) is 15.6. The Hall–Kier alpha value is -0.770. The van der Waals surface area contributed by atoms with Crippen molar-refractivity contribution in [1.29, 1.82) is 0 Å². The van der Waals surface area contributed by atoms with Gasteiger partial charge in [0.15, 0.2) is 0 Å². The second-order valence-electron chi connectivity index (χ2n) is 5.42. The van der Waals surface area contributed by atoms with Crippen molar-refractivity contribution in [3.8, 4) is 0 Å². The van der Waals surface area contributed by atoms with Crippen LogP contribution in [0.15, 0.2) is 18.2 Å². The van der Waals surface area contributed by atoms with Crippen molar-refractivity contribution in [2.24, 2.45) is 0 Å². The van der Waals surface area contributed by atoms with Gasteiger partial charge in [-0.1, -0.05) is 29.3 Å². The minimum absolute atomic E-state index is 0.0754. The number of nitrogens with zero attached hydrogens (tertiary/aromatic N) is 1. The first-order valence-corrected chi connectivity index (χ1v) is 7.58. The van der Waals surface area contributed by atoms with Gasteiger partial charge in [-0.25, -0.2) is 0 Å². The molecule has 110 valence electrons. The smallest absolute Gasteiger partial charge is 0.320 e. The molecule has 3 nitrogen and oxygen atoms in total. The zero-order valence-electron chi connectivity index (χ0n) is 11.7. The van der Waals surface area contributed by atoms with Gasteiger partial charge in [0.1, 0.15) is 0 Å². The van der Waals surface area contributed by atoms with E-state index in [1.165, 1.54) is 0 Å². The Labute approximate surface area is 129 Å². The van der Waals surface area contributed by atoms with Crippen molar-refractivity contribution in [1.82, 2.24) is 4.90 Å². The van der Waals surface area contributed by atoms with Gasteiger partial charge in [-0.05, 0) is 44.4 Å². The number of esters is 1. The van der Waals surface area contributed by atoms with Gasteiger partial charge in [-0.3, -0.25) is 9.69 Å². The van der Waals surface area contributed by atoms with Crippen molar-refractivity contribution in [2.75, 3.05) is 6.54 Å². The second-order valence-corrected chi connectivity index (χ2v) is 6.24. The largest absolute Gasteiger partial charge is 0.462 e. The molecule has 0 unspecified atom stereocenters. The van der Waals surface area contributed by atoms with Crippen LogP contribution < -0.4 is 0 Å². The minimum atomic E-state index is -0.174. The molecule has 1 aromatic carbocycles. The third-order valence-electron chi connectivity index (χ3n) is 3.13. The van der Waals surface area contributed by atoms with Gasteiger partial charge in [-0.2, -0.15) is 0 Å². The zero-order valence-corrected chi connectivity index (χ0v) is 13.2. The molecule has 1 aromatic rings. The monoisotopic (exact) mass is 315 g/mol. The number of carbonyl (C=O) groups excluding carboxylic acids is 1. The van der Waals surface area contributed by atoms with E-state index in [0.717, 1.165) is 18.4 Å². The van der Waals surface area contributed by atoms with E-state index in [-0.39, 0.29) is 12.1 Å². The van der Waals surface area contributed by atoms with Crippen molar-refractivity contribution in [3.63, 3.8) is 0 Å². The number of halogens is 2. The van der Waals surface area contributed by atoms with Gasteiger partial charge in [-0.15, -0.1) is 0 Å². The molecule has 0 aromatic heterocycles. The normalized spacial score (nSPS) is 14.9. The molecule has 0 aliphatic heterocycles. The highest BCUT2D eigenvalue weighted by Gasteiger charge is 2.30. The lowest BCUT2D eigenvalue weighted by molar-refractivity contribution is -0.149. The predicted molar refractivity (Wildman–Crippen MR) is 81.1 cm³/mol. The van der Waals surface area contributed by atoms with Crippen molar-refractivity contribution in [3.05, 3.63) is 33.8 Å². The summed E-state index contributed by atoms with van der Waals surface area (Å²) in [5.41, 5.74) is 1.06. The van der Waals surface area contributed by atoms with Crippen LogP contribution in [0.4, 0.5) is 0 Å². The molecule has 0 saturated heterocycles. The quantitative estimate of drug-likeness (QED) is 0.745. The van der Waals surface area contributed by atoms with Crippen LogP contribution in [-0.2, 0) is 16.1 Å². The van der Waals surface area contributed by atoms with E-state index in [1.807, 2.05) is 26.0 Å². The number of ether oxygens (including phenoxy) is 1. The van der Waals surface area contributed by atoms with E-state index in [0.29, 0.717) is 29.2 Å². The summed E-state index contributed by atoms with van der Waals surface area (Å²) in [6.45, 7) is 4.73. The fourth-order valence-corrected chi connectivity index (χ4v) is 2.41. The van der Waals surface area contributed by atoms with Crippen LogP contribution in [0.5, 0.6) is 0 Å². The predicted octanol–water partition coefficient (Wildman–Crippen LogP) is 3.91. The van der Waals surface area contributed by atoms with E-state index in [9.17, 15) is 4.79 Å². The van der Waals surface area contributed by atoms with Gasteiger partial charge in [0.25, 0.3) is 0 Å². The Bertz CT molecular complexity index is 487. The molecule has 1 fully saturated rings. The number of hydrogen-bond acceptors (Lipinski definition) is 3. The maximum atomic E-state index is 11.8. The Balaban J connectivity index is 1.98. The highest BCUT2D eigenvalue weighted by Crippen LogP contribution is 2.29. The summed E-state index contributed by atoms with van der Waals surface area (Å²) in [7, 11) is 0. The van der Waals surface area contributed by atoms with Crippen LogP contribution >= 0.6 is 23.2 Å². The standard InChI is InChI=1S/C15H19Cl2NO2/c1-10(2)20-15(19)9-18(12-4-5-12)8-11-3-6-13(16)14(17)7-11/h3,6-7,10,12H,4-5,8-9H2,1-2H3. The topological polar surface area (TPSA) is 29.5 Å². The summed E-state index contributed by atoms with van der Waals surface area (Å²) in [4.78, 5) is 13.9. The molecule has 0 N–H and O–H groups in total. The van der Waals surface area contributed by atoms with E-state index in [1.54, 1.807) is 6.07 Å². The molecular weight excluding hydrogens is 297 g/mol. The molecule has 0 radical (unpaired) electrons. The molecule has 1 aliphatic carbocycles. The minimum Gasteiger partial charge on any atom is -0.462 e. The number of hydrogen-bond donors (Lipinski definition) is 0. The summed E-state index contributed by atoms with van der Waals surface area (Å²) in [6, 6.07) is 6.06. The lowest BCUT2D eigenvalue weighted by Gasteiger charge is -2.22. The third-order valence-corrected chi connectivity index (χ3v) is 3.87. The molecule has 1 aliphatic rings. The first-order valence-electron chi connectivity index (χ1n) is 6.83. The summed E-state index contributed by atoms with van der Waals surface area (Å²) < 4.78 is 5.21. The maximum absolute atomic E-state index is 11.8. The SMILES string of the molecule is CC(C)OC(=O)CN(Cc1ccc(Cl)c(Cl)c1)C1CC1. The van der Waals surface area contributed by atoms with Crippen molar-refractivity contribution < 1.29 is 9.53 Å². The van der Waals surface area contributed by atoms with Crippen LogP contribution in [-0.4, -0.2) is 29.6 Å². The summed E-state index contributed by atoms with van der Waals surface area (Å²) in [6.07, 6.45) is 2.19. The lowest BCUT2D eigenvalue weighted by atomic mass is 10.2. The Morgan fingerprint density at radius 3 is 2.60 bits per heavy atom. The molecular formula is C15H19Cl2NO2. The van der Waals surface area contributed by atoms with Gasteiger partial charge in [0.2, 0.25) is 0 Å². The number of benzene rings is 1. The van der Waals surface area contributed by atoms with Crippen LogP contribution in [0.25, 0.3) is 0 Å². The van der Waals surface area contributed by atoms with Crippen LogP contribution in [0.2, 0.25) is 10.0 Å². The molecule has 0 spiro atoms. The van der Waals surface area contributed by atoms with Crippen LogP contribution in [0, 0.1) is 0 Å². The first-order chi connectivity index (χ1) is 9.45. The van der Waals surface area contributed by atoms with E-state index >= 15 is 0 Å². The Morgan fingerprint density at radius 2 is 2.05 bits per heavy atom. The third kappa shape index (κ3) is 4.65. The van der Waals surface area contributed by atoms with Gasteiger partial charge in [0, 0.05) is 12.6 Å². The van der Waals surface area contributed by atoms with Crippen LogP contribution in [0.1, 0.15) is 32.3 Å². The van der Waals surface area contributed by atoms with E-state index < -0.39 is 0 Å². The average Bonchev–Trinajstić information content (AvgIpc) is 3.16. The van der Waals surface area contributed by atoms with E-state index in [4.69, 9.17) is 27.9 Å². The van der Waals surface area contributed by atoms with Gasteiger partial charge < -0.3 is 4.74 Å². The van der Waals surface area contributed by atoms with Crippen molar-refractivity contribution in [2.45, 2.75) is 45.4 Å². The number of carbonyl (C=O) groups is 1. The molecule has 0 bridgehead atoms.